The number of carbonyl (C=O) groups is 2. The molecule has 1 aromatic rings. The summed E-state index contributed by atoms with van der Waals surface area (Å²) in [4.78, 5) is 25.5. The molecule has 1 aromatic carbocycles. The van der Waals surface area contributed by atoms with Crippen LogP contribution in [0.3, 0.4) is 0 Å². The summed E-state index contributed by atoms with van der Waals surface area (Å²) in [6.45, 7) is 1.05. The van der Waals surface area contributed by atoms with Gasteiger partial charge in [0.25, 0.3) is 5.91 Å². The summed E-state index contributed by atoms with van der Waals surface area (Å²) in [5.41, 5.74) is 12.0. The summed E-state index contributed by atoms with van der Waals surface area (Å²) < 4.78 is 10.5. The van der Waals surface area contributed by atoms with Gasteiger partial charge in [-0.3, -0.25) is 9.59 Å². The SMILES string of the molecule is NC(=O)C1CCCN(C(=O)c2cc3c(cc2N)OCO3)C1. The van der Waals surface area contributed by atoms with Crippen LogP contribution in [0.25, 0.3) is 0 Å². The number of likely N-dealkylation sites (tertiary alicyclic amines) is 1. The summed E-state index contributed by atoms with van der Waals surface area (Å²) in [5, 5.41) is 0. The van der Waals surface area contributed by atoms with Gasteiger partial charge in [0.05, 0.1) is 11.5 Å². The van der Waals surface area contributed by atoms with Crippen LogP contribution in [0.15, 0.2) is 12.1 Å². The van der Waals surface area contributed by atoms with E-state index in [0.717, 1.165) is 12.8 Å². The number of fused-ring (bicyclic) bond motifs is 1. The molecule has 1 fully saturated rings. The van der Waals surface area contributed by atoms with Crippen molar-refractivity contribution in [2.45, 2.75) is 12.8 Å². The largest absolute Gasteiger partial charge is 0.454 e. The average Bonchev–Trinajstić information content (AvgIpc) is 2.92. The van der Waals surface area contributed by atoms with Crippen LogP contribution in [0.2, 0.25) is 0 Å². The van der Waals surface area contributed by atoms with Gasteiger partial charge in [-0.15, -0.1) is 0 Å². The third kappa shape index (κ3) is 2.46. The Bertz CT molecular complexity index is 602. The number of nitrogens with two attached hydrogens (primary N) is 2. The van der Waals surface area contributed by atoms with E-state index < -0.39 is 0 Å². The highest BCUT2D eigenvalue weighted by Crippen LogP contribution is 2.36. The van der Waals surface area contributed by atoms with Crippen molar-refractivity contribution in [3.63, 3.8) is 0 Å². The number of nitrogens with zero attached hydrogens (tertiary/aromatic N) is 1. The molecule has 7 heteroatoms. The smallest absolute Gasteiger partial charge is 0.256 e. The number of anilines is 1. The number of benzene rings is 1. The molecule has 3 rings (SSSR count). The number of ether oxygens (including phenoxy) is 2. The fraction of sp³-hybridized carbons (Fsp3) is 0.429. The lowest BCUT2D eigenvalue weighted by atomic mass is 9.96. The minimum absolute atomic E-state index is 0.125. The molecule has 0 radical (unpaired) electrons. The first-order valence-electron chi connectivity index (χ1n) is 6.84. The zero-order chi connectivity index (χ0) is 15.0. The van der Waals surface area contributed by atoms with E-state index >= 15 is 0 Å². The Morgan fingerprint density at radius 2 is 1.95 bits per heavy atom. The monoisotopic (exact) mass is 291 g/mol. The maximum Gasteiger partial charge on any atom is 0.256 e. The molecule has 2 aliphatic heterocycles. The van der Waals surface area contributed by atoms with Crippen molar-refractivity contribution in [3.05, 3.63) is 17.7 Å². The van der Waals surface area contributed by atoms with E-state index in [1.807, 2.05) is 0 Å². The molecule has 0 spiro atoms. The van der Waals surface area contributed by atoms with Crippen LogP contribution in [0.1, 0.15) is 23.2 Å². The van der Waals surface area contributed by atoms with Crippen molar-refractivity contribution >= 4 is 17.5 Å². The van der Waals surface area contributed by atoms with Crippen LogP contribution in [0.4, 0.5) is 5.69 Å². The Balaban J connectivity index is 1.83. The number of primary amides is 1. The number of carbonyl (C=O) groups excluding carboxylic acids is 2. The molecular formula is C14H17N3O4. The Morgan fingerprint density at radius 3 is 2.67 bits per heavy atom. The lowest BCUT2D eigenvalue weighted by Crippen LogP contribution is -2.44. The average molecular weight is 291 g/mol. The fourth-order valence-corrected chi connectivity index (χ4v) is 2.71. The highest BCUT2D eigenvalue weighted by Gasteiger charge is 2.29. The van der Waals surface area contributed by atoms with Gasteiger partial charge < -0.3 is 25.8 Å². The summed E-state index contributed by atoms with van der Waals surface area (Å²) in [5.74, 6) is 0.176. The summed E-state index contributed by atoms with van der Waals surface area (Å²) >= 11 is 0. The van der Waals surface area contributed by atoms with Gasteiger partial charge in [0.15, 0.2) is 11.5 Å². The van der Waals surface area contributed by atoms with E-state index in [0.29, 0.717) is 35.8 Å². The number of piperidine rings is 1. The predicted octanol–water partition coefficient (Wildman–Crippen LogP) is 0.335. The van der Waals surface area contributed by atoms with E-state index in [1.165, 1.54) is 0 Å². The van der Waals surface area contributed by atoms with E-state index in [9.17, 15) is 9.59 Å². The van der Waals surface area contributed by atoms with Crippen LogP contribution in [-0.4, -0.2) is 36.6 Å². The molecule has 21 heavy (non-hydrogen) atoms. The van der Waals surface area contributed by atoms with E-state index in [4.69, 9.17) is 20.9 Å². The number of amides is 2. The molecule has 0 saturated carbocycles. The molecule has 7 nitrogen and oxygen atoms in total. The second-order valence-electron chi connectivity index (χ2n) is 5.29. The summed E-state index contributed by atoms with van der Waals surface area (Å²) in [6, 6.07) is 3.18. The first kappa shape index (κ1) is 13.5. The third-order valence-corrected chi connectivity index (χ3v) is 3.89. The maximum atomic E-state index is 12.6. The molecular weight excluding hydrogens is 274 g/mol. The van der Waals surface area contributed by atoms with Crippen molar-refractivity contribution in [2.24, 2.45) is 11.7 Å². The first-order chi connectivity index (χ1) is 10.1. The molecule has 2 heterocycles. The first-order valence-corrected chi connectivity index (χ1v) is 6.84. The molecule has 112 valence electrons. The molecule has 0 aliphatic carbocycles. The summed E-state index contributed by atoms with van der Waals surface area (Å²) in [6.07, 6.45) is 1.47. The third-order valence-electron chi connectivity index (χ3n) is 3.89. The van der Waals surface area contributed by atoms with Gasteiger partial charge in [-0.1, -0.05) is 0 Å². The lowest BCUT2D eigenvalue weighted by Gasteiger charge is -2.31. The zero-order valence-corrected chi connectivity index (χ0v) is 11.5. The van der Waals surface area contributed by atoms with Crippen LogP contribution < -0.4 is 20.9 Å². The van der Waals surface area contributed by atoms with Gasteiger partial charge in [-0.2, -0.15) is 0 Å². The van der Waals surface area contributed by atoms with Crippen LogP contribution in [0, 0.1) is 5.92 Å². The molecule has 4 N–H and O–H groups in total. The molecule has 1 atom stereocenters. The normalized spacial score (nSPS) is 20.4. The van der Waals surface area contributed by atoms with Gasteiger partial charge in [0.1, 0.15) is 0 Å². The Hall–Kier alpha value is -2.44. The van der Waals surface area contributed by atoms with Crippen LogP contribution >= 0.6 is 0 Å². The number of nitrogen functional groups attached to an aromatic ring is 1. The van der Waals surface area contributed by atoms with Crippen molar-refractivity contribution < 1.29 is 19.1 Å². The topological polar surface area (TPSA) is 108 Å². The van der Waals surface area contributed by atoms with E-state index in [-0.39, 0.29) is 24.5 Å². The number of rotatable bonds is 2. The second kappa shape index (κ2) is 5.16. The molecule has 2 amide bonds. The Kier molecular flexibility index (Phi) is 3.32. The van der Waals surface area contributed by atoms with Crippen LogP contribution in [0.5, 0.6) is 11.5 Å². The maximum absolute atomic E-state index is 12.6. The molecule has 2 aliphatic rings. The summed E-state index contributed by atoms with van der Waals surface area (Å²) in [7, 11) is 0. The van der Waals surface area contributed by atoms with Gasteiger partial charge in [-0.25, -0.2) is 0 Å². The van der Waals surface area contributed by atoms with Crippen molar-refractivity contribution in [3.8, 4) is 11.5 Å². The van der Waals surface area contributed by atoms with Gasteiger partial charge in [0, 0.05) is 24.8 Å². The zero-order valence-electron chi connectivity index (χ0n) is 11.5. The predicted molar refractivity (Wildman–Crippen MR) is 74.8 cm³/mol. The van der Waals surface area contributed by atoms with Crippen LogP contribution in [-0.2, 0) is 4.79 Å². The van der Waals surface area contributed by atoms with Gasteiger partial charge >= 0.3 is 0 Å². The Labute approximate surface area is 121 Å². The van der Waals surface area contributed by atoms with Gasteiger partial charge in [-0.05, 0) is 18.9 Å². The quantitative estimate of drug-likeness (QED) is 0.764. The van der Waals surface area contributed by atoms with Crippen molar-refractivity contribution in [2.75, 3.05) is 25.6 Å². The number of hydrogen-bond donors (Lipinski definition) is 2. The highest BCUT2D eigenvalue weighted by atomic mass is 16.7. The van der Waals surface area contributed by atoms with Gasteiger partial charge in [0.2, 0.25) is 12.7 Å². The Morgan fingerprint density at radius 1 is 1.24 bits per heavy atom. The minimum Gasteiger partial charge on any atom is -0.454 e. The van der Waals surface area contributed by atoms with Crippen molar-refractivity contribution in [1.29, 1.82) is 0 Å². The molecule has 1 saturated heterocycles. The highest BCUT2D eigenvalue weighted by molar-refractivity contribution is 6.00. The number of hydrogen-bond acceptors (Lipinski definition) is 5. The lowest BCUT2D eigenvalue weighted by molar-refractivity contribution is -0.123. The van der Waals surface area contributed by atoms with E-state index in [2.05, 4.69) is 0 Å². The second-order valence-corrected chi connectivity index (χ2v) is 5.29. The molecule has 0 aromatic heterocycles. The molecule has 1 unspecified atom stereocenters. The minimum atomic E-state index is -0.369. The molecule has 0 bridgehead atoms. The van der Waals surface area contributed by atoms with Crippen molar-refractivity contribution in [1.82, 2.24) is 4.90 Å². The standard InChI is InChI=1S/C14H17N3O4/c15-10-5-12-11(20-7-21-12)4-9(10)14(19)17-3-1-2-8(6-17)13(16)18/h4-5,8H,1-3,6-7,15H2,(H2,16,18). The van der Waals surface area contributed by atoms with E-state index in [1.54, 1.807) is 17.0 Å². The fourth-order valence-electron chi connectivity index (χ4n) is 2.71.